The van der Waals surface area contributed by atoms with Crippen LogP contribution in [0.25, 0.3) is 0 Å². The smallest absolute Gasteiger partial charge is 0.0198 e. The molecule has 2 rings (SSSR count). The molecule has 0 aromatic heterocycles. The molecule has 4 unspecified atom stereocenters. The van der Waals surface area contributed by atoms with Gasteiger partial charge in [-0.15, -0.1) is 0 Å². The van der Waals surface area contributed by atoms with Crippen LogP contribution in [-0.2, 0) is 0 Å². The maximum Gasteiger partial charge on any atom is 0.0198 e. The highest BCUT2D eigenvalue weighted by molar-refractivity contribution is 5.18. The molecule has 0 amide bonds. The van der Waals surface area contributed by atoms with Crippen molar-refractivity contribution >= 4 is 0 Å². The molecule has 1 aliphatic rings. The molecule has 3 N–H and O–H groups in total. The van der Waals surface area contributed by atoms with Crippen LogP contribution in [-0.4, -0.2) is 18.6 Å². The molecule has 2 heteroatoms. The molecule has 0 heterocycles. The van der Waals surface area contributed by atoms with Gasteiger partial charge in [0.1, 0.15) is 0 Å². The Balaban J connectivity index is 1.85. The molecule has 0 aliphatic heterocycles. The van der Waals surface area contributed by atoms with Crippen LogP contribution in [0.3, 0.4) is 0 Å². The average Bonchev–Trinajstić information content (AvgIpc) is 2.84. The number of nitrogens with two attached hydrogens (primary N) is 1. The van der Waals surface area contributed by atoms with Crippen LogP contribution >= 0.6 is 0 Å². The number of benzene rings is 1. The zero-order chi connectivity index (χ0) is 13.7. The van der Waals surface area contributed by atoms with Crippen LogP contribution in [0.1, 0.15) is 51.0 Å². The van der Waals surface area contributed by atoms with Gasteiger partial charge in [-0.3, -0.25) is 0 Å². The molecule has 2 nitrogen and oxygen atoms in total. The number of rotatable bonds is 6. The topological polar surface area (TPSA) is 38.0 Å². The molecule has 1 aromatic carbocycles. The molecule has 1 aromatic rings. The van der Waals surface area contributed by atoms with Gasteiger partial charge in [0.25, 0.3) is 0 Å². The van der Waals surface area contributed by atoms with E-state index in [0.717, 1.165) is 18.9 Å². The van der Waals surface area contributed by atoms with Gasteiger partial charge in [0.15, 0.2) is 0 Å². The lowest BCUT2D eigenvalue weighted by atomic mass is 9.93. The van der Waals surface area contributed by atoms with Gasteiger partial charge in [-0.2, -0.15) is 0 Å². The Kier molecular flexibility index (Phi) is 5.41. The normalized spacial score (nSPS) is 26.3. The van der Waals surface area contributed by atoms with Crippen LogP contribution in [0.2, 0.25) is 0 Å². The van der Waals surface area contributed by atoms with Crippen LogP contribution in [0.5, 0.6) is 0 Å². The summed E-state index contributed by atoms with van der Waals surface area (Å²) in [5.74, 6) is 1.45. The third kappa shape index (κ3) is 4.32. The fraction of sp³-hybridized carbons (Fsp3) is 0.647. The van der Waals surface area contributed by atoms with Crippen molar-refractivity contribution in [3.63, 3.8) is 0 Å². The van der Waals surface area contributed by atoms with E-state index >= 15 is 0 Å². The van der Waals surface area contributed by atoms with Crippen molar-refractivity contribution in [3.05, 3.63) is 35.9 Å². The molecule has 0 spiro atoms. The summed E-state index contributed by atoms with van der Waals surface area (Å²) in [5, 5.41) is 3.77. The molecular formula is C17H28N2. The average molecular weight is 260 g/mol. The van der Waals surface area contributed by atoms with Crippen LogP contribution in [0, 0.1) is 5.92 Å². The Hall–Kier alpha value is -0.860. The highest BCUT2D eigenvalue weighted by Gasteiger charge is 2.24. The van der Waals surface area contributed by atoms with E-state index in [-0.39, 0.29) is 0 Å². The first-order valence-electron chi connectivity index (χ1n) is 7.70. The molecule has 0 bridgehead atoms. The lowest BCUT2D eigenvalue weighted by molar-refractivity contribution is 0.391. The maximum atomic E-state index is 5.95. The summed E-state index contributed by atoms with van der Waals surface area (Å²) in [5.41, 5.74) is 7.37. The Bertz CT molecular complexity index is 363. The monoisotopic (exact) mass is 260 g/mol. The summed E-state index contributed by atoms with van der Waals surface area (Å²) in [7, 11) is 0. The molecule has 106 valence electrons. The van der Waals surface area contributed by atoms with Crippen molar-refractivity contribution in [2.24, 2.45) is 11.7 Å². The van der Waals surface area contributed by atoms with E-state index in [1.807, 2.05) is 0 Å². The quantitative estimate of drug-likeness (QED) is 0.823. The fourth-order valence-corrected chi connectivity index (χ4v) is 3.27. The molecule has 4 atom stereocenters. The van der Waals surface area contributed by atoms with Crippen LogP contribution in [0.15, 0.2) is 30.3 Å². The first-order valence-corrected chi connectivity index (χ1v) is 7.70. The van der Waals surface area contributed by atoms with Gasteiger partial charge in [-0.05, 0) is 43.1 Å². The Morgan fingerprint density at radius 3 is 2.58 bits per heavy atom. The van der Waals surface area contributed by atoms with Gasteiger partial charge in [0.2, 0.25) is 0 Å². The van der Waals surface area contributed by atoms with Crippen LogP contribution in [0.4, 0.5) is 0 Å². The second-order valence-corrected chi connectivity index (χ2v) is 6.26. The molecular weight excluding hydrogens is 232 g/mol. The van der Waals surface area contributed by atoms with Gasteiger partial charge in [-0.1, -0.05) is 44.2 Å². The van der Waals surface area contributed by atoms with E-state index in [2.05, 4.69) is 49.5 Å². The number of nitrogens with one attached hydrogen (secondary N) is 1. The zero-order valence-corrected chi connectivity index (χ0v) is 12.3. The largest absolute Gasteiger partial charge is 0.329 e. The van der Waals surface area contributed by atoms with Gasteiger partial charge >= 0.3 is 0 Å². The predicted molar refractivity (Wildman–Crippen MR) is 82.3 cm³/mol. The van der Waals surface area contributed by atoms with Crippen molar-refractivity contribution < 1.29 is 0 Å². The predicted octanol–water partition coefficient (Wildman–Crippen LogP) is 3.29. The molecule has 19 heavy (non-hydrogen) atoms. The first kappa shape index (κ1) is 14.5. The number of hydrogen-bond acceptors (Lipinski definition) is 2. The van der Waals surface area contributed by atoms with Crippen molar-refractivity contribution in [2.75, 3.05) is 6.54 Å². The number of hydrogen-bond donors (Lipinski definition) is 2. The summed E-state index contributed by atoms with van der Waals surface area (Å²) < 4.78 is 0. The summed E-state index contributed by atoms with van der Waals surface area (Å²) in [6, 6.07) is 11.9. The summed E-state index contributed by atoms with van der Waals surface area (Å²) in [6.45, 7) is 5.39. The van der Waals surface area contributed by atoms with Gasteiger partial charge < -0.3 is 11.1 Å². The molecule has 1 fully saturated rings. The molecule has 1 saturated carbocycles. The Morgan fingerprint density at radius 1 is 1.26 bits per heavy atom. The Morgan fingerprint density at radius 2 is 2.00 bits per heavy atom. The Labute approximate surface area is 117 Å². The summed E-state index contributed by atoms with van der Waals surface area (Å²) >= 11 is 0. The highest BCUT2D eigenvalue weighted by atomic mass is 15.0. The molecule has 1 aliphatic carbocycles. The van der Waals surface area contributed by atoms with E-state index in [1.165, 1.54) is 24.8 Å². The molecule has 0 radical (unpaired) electrons. The first-order chi connectivity index (χ1) is 9.19. The zero-order valence-electron chi connectivity index (χ0n) is 12.3. The van der Waals surface area contributed by atoms with E-state index < -0.39 is 0 Å². The van der Waals surface area contributed by atoms with Crippen molar-refractivity contribution in [2.45, 2.75) is 57.5 Å². The van der Waals surface area contributed by atoms with Gasteiger partial charge in [0, 0.05) is 18.6 Å². The minimum atomic E-state index is 0.450. The van der Waals surface area contributed by atoms with E-state index in [4.69, 9.17) is 5.73 Å². The highest BCUT2D eigenvalue weighted by Crippen LogP contribution is 2.26. The second-order valence-electron chi connectivity index (χ2n) is 6.26. The summed E-state index contributed by atoms with van der Waals surface area (Å²) in [6.07, 6.45) is 5.13. The molecule has 0 saturated heterocycles. The second kappa shape index (κ2) is 7.06. The minimum absolute atomic E-state index is 0.450. The van der Waals surface area contributed by atoms with Crippen molar-refractivity contribution in [1.82, 2.24) is 5.32 Å². The maximum absolute atomic E-state index is 5.95. The standard InChI is InChI=1S/C17H28N2/c1-13-8-9-16(10-13)19-17(12-18)11-14(2)15-6-4-3-5-7-15/h3-7,13-14,16-17,19H,8-12,18H2,1-2H3. The van der Waals surface area contributed by atoms with Crippen LogP contribution < -0.4 is 11.1 Å². The lowest BCUT2D eigenvalue weighted by Crippen LogP contribution is -2.42. The third-order valence-corrected chi connectivity index (χ3v) is 4.46. The van der Waals surface area contributed by atoms with E-state index in [9.17, 15) is 0 Å². The fourth-order valence-electron chi connectivity index (χ4n) is 3.27. The third-order valence-electron chi connectivity index (χ3n) is 4.46. The van der Waals surface area contributed by atoms with E-state index in [1.54, 1.807) is 0 Å². The minimum Gasteiger partial charge on any atom is -0.329 e. The van der Waals surface area contributed by atoms with Crippen molar-refractivity contribution in [1.29, 1.82) is 0 Å². The van der Waals surface area contributed by atoms with Gasteiger partial charge in [0.05, 0.1) is 0 Å². The SMILES string of the molecule is CC1CCC(NC(CN)CC(C)c2ccccc2)C1. The van der Waals surface area contributed by atoms with Gasteiger partial charge in [-0.25, -0.2) is 0 Å². The summed E-state index contributed by atoms with van der Waals surface area (Å²) in [4.78, 5) is 0. The van der Waals surface area contributed by atoms with E-state index in [0.29, 0.717) is 18.0 Å². The van der Waals surface area contributed by atoms with Crippen molar-refractivity contribution in [3.8, 4) is 0 Å². The lowest BCUT2D eigenvalue weighted by Gasteiger charge is -2.25.